The zero-order chi connectivity index (χ0) is 20.6. The third kappa shape index (κ3) is 7.14. The van der Waals surface area contributed by atoms with Crippen LogP contribution in [-0.4, -0.2) is 35.7 Å². The van der Waals surface area contributed by atoms with Gasteiger partial charge in [0.1, 0.15) is 5.82 Å². The smallest absolute Gasteiger partial charge is 0.191 e. The number of hydrogen-bond donors (Lipinski definition) is 2. The summed E-state index contributed by atoms with van der Waals surface area (Å²) in [6.07, 6.45) is 4.43. The summed E-state index contributed by atoms with van der Waals surface area (Å²) in [5.41, 5.74) is 2.07. The molecule has 166 valence electrons. The minimum Gasteiger partial charge on any atom is -0.359 e. The molecular formula is C22H35IN6O. The van der Waals surface area contributed by atoms with Crippen molar-refractivity contribution in [3.8, 4) is 0 Å². The Morgan fingerprint density at radius 1 is 1.27 bits per heavy atom. The molecule has 0 aliphatic carbocycles. The number of nitrogens with one attached hydrogen (secondary N) is 2. The Morgan fingerprint density at radius 3 is 2.63 bits per heavy atom. The molecule has 1 fully saturated rings. The molecule has 7 nitrogen and oxygen atoms in total. The number of hydrogen-bond acceptors (Lipinski definition) is 5. The van der Waals surface area contributed by atoms with Gasteiger partial charge < -0.3 is 20.1 Å². The minimum absolute atomic E-state index is 0. The molecule has 0 saturated carbocycles. The van der Waals surface area contributed by atoms with Gasteiger partial charge in [-0.25, -0.2) is 9.98 Å². The minimum atomic E-state index is 0. The van der Waals surface area contributed by atoms with E-state index in [1.807, 2.05) is 12.3 Å². The Kier molecular flexibility index (Phi) is 9.87. The predicted molar refractivity (Wildman–Crippen MR) is 133 cm³/mol. The van der Waals surface area contributed by atoms with Crippen LogP contribution in [-0.2, 0) is 13.1 Å². The standard InChI is InChI=1S/C22H34N6O.HI/c1-5-23-22(26-15-19-12-20(16(2)3)27-29-19)25-14-18-6-7-21(24-13-18)28-10-8-17(4)9-11-28;/h6-7,12-13,16-17H,5,8-11,14-15H2,1-4H3,(H2,23,25,26);1H. The van der Waals surface area contributed by atoms with Crippen molar-refractivity contribution in [1.82, 2.24) is 20.8 Å². The van der Waals surface area contributed by atoms with Crippen molar-refractivity contribution >= 4 is 35.8 Å². The normalized spacial score (nSPS) is 15.2. The van der Waals surface area contributed by atoms with Gasteiger partial charge in [-0.3, -0.25) is 0 Å². The first-order valence-corrected chi connectivity index (χ1v) is 10.7. The monoisotopic (exact) mass is 526 g/mol. The number of anilines is 1. The summed E-state index contributed by atoms with van der Waals surface area (Å²) in [4.78, 5) is 11.7. The van der Waals surface area contributed by atoms with Crippen molar-refractivity contribution in [2.75, 3.05) is 24.5 Å². The molecule has 0 radical (unpaired) electrons. The second-order valence-corrected chi connectivity index (χ2v) is 8.12. The van der Waals surface area contributed by atoms with Crippen molar-refractivity contribution in [3.05, 3.63) is 41.4 Å². The summed E-state index contributed by atoms with van der Waals surface area (Å²) in [5.74, 6) is 3.81. The highest BCUT2D eigenvalue weighted by molar-refractivity contribution is 14.0. The van der Waals surface area contributed by atoms with E-state index in [9.17, 15) is 0 Å². The van der Waals surface area contributed by atoms with Crippen LogP contribution in [0.2, 0.25) is 0 Å². The fourth-order valence-corrected chi connectivity index (χ4v) is 3.30. The van der Waals surface area contributed by atoms with Gasteiger partial charge in [0.05, 0.1) is 18.8 Å². The molecule has 8 heteroatoms. The van der Waals surface area contributed by atoms with Gasteiger partial charge in [-0.15, -0.1) is 24.0 Å². The van der Waals surface area contributed by atoms with E-state index in [1.165, 1.54) is 12.8 Å². The van der Waals surface area contributed by atoms with Crippen molar-refractivity contribution in [3.63, 3.8) is 0 Å². The van der Waals surface area contributed by atoms with Gasteiger partial charge in [0.25, 0.3) is 0 Å². The van der Waals surface area contributed by atoms with Gasteiger partial charge >= 0.3 is 0 Å². The molecule has 2 aromatic heterocycles. The summed E-state index contributed by atoms with van der Waals surface area (Å²) < 4.78 is 5.38. The summed E-state index contributed by atoms with van der Waals surface area (Å²) in [6, 6.07) is 6.23. The Bertz CT molecular complexity index is 781. The van der Waals surface area contributed by atoms with E-state index in [2.05, 4.69) is 70.5 Å². The molecule has 1 aliphatic rings. The van der Waals surface area contributed by atoms with Crippen LogP contribution >= 0.6 is 24.0 Å². The SMILES string of the molecule is CCNC(=NCc1ccc(N2CCC(C)CC2)nc1)NCc1cc(C(C)C)no1.I. The Morgan fingerprint density at radius 2 is 2.03 bits per heavy atom. The van der Waals surface area contributed by atoms with Crippen LogP contribution in [0, 0.1) is 5.92 Å². The Balaban J connectivity index is 0.00000320. The fourth-order valence-electron chi connectivity index (χ4n) is 3.30. The van der Waals surface area contributed by atoms with Crippen LogP contribution in [0.4, 0.5) is 5.82 Å². The molecule has 1 saturated heterocycles. The van der Waals surface area contributed by atoms with E-state index < -0.39 is 0 Å². The van der Waals surface area contributed by atoms with E-state index in [-0.39, 0.29) is 24.0 Å². The van der Waals surface area contributed by atoms with E-state index in [1.54, 1.807) is 0 Å². The second-order valence-electron chi connectivity index (χ2n) is 8.12. The molecule has 1 aliphatic heterocycles. The van der Waals surface area contributed by atoms with Crippen LogP contribution in [0.25, 0.3) is 0 Å². The lowest BCUT2D eigenvalue weighted by molar-refractivity contribution is 0.372. The lowest BCUT2D eigenvalue weighted by atomic mass is 9.99. The molecule has 2 N–H and O–H groups in total. The average molecular weight is 526 g/mol. The molecular weight excluding hydrogens is 491 g/mol. The molecule has 30 heavy (non-hydrogen) atoms. The maximum Gasteiger partial charge on any atom is 0.191 e. The zero-order valence-corrected chi connectivity index (χ0v) is 20.8. The second kappa shape index (κ2) is 12.1. The van der Waals surface area contributed by atoms with Crippen molar-refractivity contribution in [2.24, 2.45) is 10.9 Å². The maximum atomic E-state index is 5.38. The molecule has 0 aromatic carbocycles. The van der Waals surface area contributed by atoms with E-state index in [0.29, 0.717) is 19.0 Å². The van der Waals surface area contributed by atoms with E-state index in [4.69, 9.17) is 4.52 Å². The molecule has 0 spiro atoms. The summed E-state index contributed by atoms with van der Waals surface area (Å²) in [5, 5.41) is 10.7. The van der Waals surface area contributed by atoms with Crippen LogP contribution < -0.4 is 15.5 Å². The largest absolute Gasteiger partial charge is 0.359 e. The van der Waals surface area contributed by atoms with Gasteiger partial charge in [0, 0.05) is 31.9 Å². The number of aliphatic imine (C=N–C) groups is 1. The summed E-state index contributed by atoms with van der Waals surface area (Å²) in [6.45, 7) is 12.7. The third-order valence-corrected chi connectivity index (χ3v) is 5.28. The van der Waals surface area contributed by atoms with Crippen LogP contribution in [0.5, 0.6) is 0 Å². The lowest BCUT2D eigenvalue weighted by Crippen LogP contribution is -2.36. The zero-order valence-electron chi connectivity index (χ0n) is 18.5. The number of halogens is 1. The first-order chi connectivity index (χ1) is 14.0. The average Bonchev–Trinajstić information content (AvgIpc) is 3.21. The molecule has 0 atom stereocenters. The molecule has 3 heterocycles. The van der Waals surface area contributed by atoms with Crippen molar-refractivity contribution in [1.29, 1.82) is 0 Å². The predicted octanol–water partition coefficient (Wildman–Crippen LogP) is 4.30. The number of guanidine groups is 1. The highest BCUT2D eigenvalue weighted by atomic mass is 127. The molecule has 0 bridgehead atoms. The van der Waals surface area contributed by atoms with Crippen molar-refractivity contribution < 1.29 is 4.52 Å². The quantitative estimate of drug-likeness (QED) is 0.318. The van der Waals surface area contributed by atoms with E-state index >= 15 is 0 Å². The first-order valence-electron chi connectivity index (χ1n) is 10.7. The maximum absolute atomic E-state index is 5.38. The lowest BCUT2D eigenvalue weighted by Gasteiger charge is -2.31. The molecule has 0 unspecified atom stereocenters. The van der Waals surface area contributed by atoms with Crippen LogP contribution in [0.3, 0.4) is 0 Å². The topological polar surface area (TPSA) is 78.6 Å². The van der Waals surface area contributed by atoms with Gasteiger partial charge in [-0.05, 0) is 43.2 Å². The first kappa shape index (κ1) is 24.4. The van der Waals surface area contributed by atoms with Crippen LogP contribution in [0.1, 0.15) is 63.5 Å². The highest BCUT2D eigenvalue weighted by Crippen LogP contribution is 2.21. The highest BCUT2D eigenvalue weighted by Gasteiger charge is 2.16. The van der Waals surface area contributed by atoms with Crippen molar-refractivity contribution in [2.45, 2.75) is 59.5 Å². The Hall–Kier alpha value is -1.84. The number of aromatic nitrogens is 2. The molecule has 0 amide bonds. The summed E-state index contributed by atoms with van der Waals surface area (Å²) >= 11 is 0. The van der Waals surface area contributed by atoms with Gasteiger partial charge in [0.2, 0.25) is 0 Å². The van der Waals surface area contributed by atoms with Crippen LogP contribution in [0.15, 0.2) is 33.9 Å². The number of rotatable bonds is 7. The molecule has 2 aromatic rings. The number of piperidine rings is 1. The van der Waals surface area contributed by atoms with Gasteiger partial charge in [0.15, 0.2) is 11.7 Å². The third-order valence-electron chi connectivity index (χ3n) is 5.28. The Labute approximate surface area is 197 Å². The van der Waals surface area contributed by atoms with Gasteiger partial charge in [-0.1, -0.05) is 32.0 Å². The number of nitrogens with zero attached hydrogens (tertiary/aromatic N) is 4. The number of pyridine rings is 1. The van der Waals surface area contributed by atoms with Gasteiger partial charge in [-0.2, -0.15) is 0 Å². The summed E-state index contributed by atoms with van der Waals surface area (Å²) in [7, 11) is 0. The fraction of sp³-hybridized carbons (Fsp3) is 0.591. The van der Waals surface area contributed by atoms with E-state index in [0.717, 1.165) is 54.3 Å². The molecule has 3 rings (SSSR count).